The highest BCUT2D eigenvalue weighted by molar-refractivity contribution is 7.89. The molecule has 2 aromatic rings. The zero-order chi connectivity index (χ0) is 15.6. The zero-order valence-electron chi connectivity index (χ0n) is 11.2. The third kappa shape index (κ3) is 3.72. The van der Waals surface area contributed by atoms with Crippen LogP contribution in [0.5, 0.6) is 0 Å². The molecule has 4 nitrogen and oxygen atoms in total. The summed E-state index contributed by atoms with van der Waals surface area (Å²) in [5.41, 5.74) is 6.94. The van der Waals surface area contributed by atoms with Crippen LogP contribution in [-0.2, 0) is 10.0 Å². The topological polar surface area (TPSA) is 72.2 Å². The maximum atomic E-state index is 13.1. The lowest BCUT2D eigenvalue weighted by molar-refractivity contribution is 0.566. The minimum atomic E-state index is -3.80. The number of nitrogen functional groups attached to an aromatic ring is 1. The third-order valence-corrected chi connectivity index (χ3v) is 4.77. The smallest absolute Gasteiger partial charge is 0.241 e. The van der Waals surface area contributed by atoms with Crippen molar-refractivity contribution in [1.29, 1.82) is 0 Å². The fraction of sp³-hybridized carbons (Fsp3) is 0.143. The van der Waals surface area contributed by atoms with Gasteiger partial charge >= 0.3 is 0 Å². The lowest BCUT2D eigenvalue weighted by atomic mass is 10.1. The Labute approximate surface area is 127 Å². The molecule has 3 N–H and O–H groups in total. The molecule has 0 aliphatic carbocycles. The maximum Gasteiger partial charge on any atom is 0.241 e. The summed E-state index contributed by atoms with van der Waals surface area (Å²) in [7, 11) is -3.80. The van der Waals surface area contributed by atoms with Crippen molar-refractivity contribution in [3.8, 4) is 0 Å². The van der Waals surface area contributed by atoms with Crippen molar-refractivity contribution >= 4 is 27.3 Å². The van der Waals surface area contributed by atoms with Gasteiger partial charge in [0, 0.05) is 11.7 Å². The second-order valence-corrected chi connectivity index (χ2v) is 6.71. The number of halogens is 2. The lowest BCUT2D eigenvalue weighted by Gasteiger charge is -2.15. The van der Waals surface area contributed by atoms with Gasteiger partial charge < -0.3 is 5.73 Å². The predicted octanol–water partition coefficient (Wildman–Crippen LogP) is 3.10. The summed E-state index contributed by atoms with van der Waals surface area (Å²) in [6.45, 7) is 1.69. The van der Waals surface area contributed by atoms with Crippen LogP contribution >= 0.6 is 11.6 Å². The number of nitrogens with two attached hydrogens (primary N) is 1. The van der Waals surface area contributed by atoms with E-state index >= 15 is 0 Å². The van der Waals surface area contributed by atoms with Gasteiger partial charge in [-0.2, -0.15) is 0 Å². The van der Waals surface area contributed by atoms with Gasteiger partial charge in [-0.05, 0) is 42.8 Å². The van der Waals surface area contributed by atoms with Gasteiger partial charge in [0.25, 0.3) is 0 Å². The van der Waals surface area contributed by atoms with E-state index in [1.54, 1.807) is 31.2 Å². The van der Waals surface area contributed by atoms with E-state index in [4.69, 9.17) is 17.3 Å². The maximum absolute atomic E-state index is 13.1. The Morgan fingerprint density at radius 1 is 1.24 bits per heavy atom. The van der Waals surface area contributed by atoms with Crippen LogP contribution in [0.25, 0.3) is 0 Å². The second kappa shape index (κ2) is 6.01. The van der Waals surface area contributed by atoms with Gasteiger partial charge in [-0.1, -0.05) is 23.7 Å². The summed E-state index contributed by atoms with van der Waals surface area (Å²) in [4.78, 5) is -0.0929. The van der Waals surface area contributed by atoms with Crippen LogP contribution in [0.3, 0.4) is 0 Å². The molecule has 0 saturated heterocycles. The minimum Gasteiger partial charge on any atom is -0.399 e. The highest BCUT2D eigenvalue weighted by atomic mass is 35.5. The van der Waals surface area contributed by atoms with Gasteiger partial charge in [0.05, 0.1) is 9.92 Å². The van der Waals surface area contributed by atoms with Gasteiger partial charge in [-0.25, -0.2) is 17.5 Å². The van der Waals surface area contributed by atoms with Crippen LogP contribution in [0.2, 0.25) is 5.02 Å². The Kier molecular flexibility index (Phi) is 4.51. The quantitative estimate of drug-likeness (QED) is 0.847. The normalized spacial score (nSPS) is 13.1. The van der Waals surface area contributed by atoms with Crippen molar-refractivity contribution in [3.63, 3.8) is 0 Å². The van der Waals surface area contributed by atoms with E-state index in [1.165, 1.54) is 0 Å². The number of rotatable bonds is 4. The molecule has 112 valence electrons. The standard InChI is InChI=1S/C14H14ClFN2O2S/c1-9(10-3-2-4-11(17)7-10)18-21(19,20)12-5-6-14(16)13(15)8-12/h2-9,18H,17H2,1H3. The van der Waals surface area contributed by atoms with Gasteiger partial charge in [0.15, 0.2) is 0 Å². The molecule has 0 aliphatic rings. The molecule has 0 bridgehead atoms. The van der Waals surface area contributed by atoms with Crippen LogP contribution in [0.15, 0.2) is 47.4 Å². The molecule has 7 heteroatoms. The van der Waals surface area contributed by atoms with E-state index < -0.39 is 21.9 Å². The van der Waals surface area contributed by atoms with Crippen molar-refractivity contribution in [3.05, 3.63) is 58.9 Å². The van der Waals surface area contributed by atoms with Crippen LogP contribution in [0.4, 0.5) is 10.1 Å². The molecule has 2 aromatic carbocycles. The predicted molar refractivity (Wildman–Crippen MR) is 81.0 cm³/mol. The largest absolute Gasteiger partial charge is 0.399 e. The molecular weight excluding hydrogens is 315 g/mol. The SMILES string of the molecule is CC(NS(=O)(=O)c1ccc(F)c(Cl)c1)c1cccc(N)c1. The van der Waals surface area contributed by atoms with E-state index in [9.17, 15) is 12.8 Å². The van der Waals surface area contributed by atoms with E-state index in [2.05, 4.69) is 4.72 Å². The van der Waals surface area contributed by atoms with E-state index in [0.29, 0.717) is 5.69 Å². The average molecular weight is 329 g/mol. The summed E-state index contributed by atoms with van der Waals surface area (Å²) in [5.74, 6) is -0.667. The molecule has 1 unspecified atom stereocenters. The average Bonchev–Trinajstić information content (AvgIpc) is 2.41. The van der Waals surface area contributed by atoms with Gasteiger partial charge in [-0.15, -0.1) is 0 Å². The van der Waals surface area contributed by atoms with Crippen LogP contribution in [0.1, 0.15) is 18.5 Å². The summed E-state index contributed by atoms with van der Waals surface area (Å²) < 4.78 is 40.1. The van der Waals surface area contributed by atoms with Gasteiger partial charge in [0.1, 0.15) is 5.82 Å². The number of benzene rings is 2. The third-order valence-electron chi connectivity index (χ3n) is 2.94. The van der Waals surface area contributed by atoms with Crippen molar-refractivity contribution in [1.82, 2.24) is 4.72 Å². The Morgan fingerprint density at radius 3 is 2.57 bits per heavy atom. The van der Waals surface area contributed by atoms with Gasteiger partial charge in [0.2, 0.25) is 10.0 Å². The number of nitrogens with one attached hydrogen (secondary N) is 1. The number of anilines is 1. The summed E-state index contributed by atoms with van der Waals surface area (Å²) in [6.07, 6.45) is 0. The molecule has 0 fully saturated rings. The molecule has 0 amide bonds. The Hall–Kier alpha value is -1.63. The summed E-state index contributed by atoms with van der Waals surface area (Å²) in [5, 5.41) is -0.241. The zero-order valence-corrected chi connectivity index (χ0v) is 12.7. The number of hydrogen-bond acceptors (Lipinski definition) is 3. The molecule has 0 saturated carbocycles. The molecule has 2 rings (SSSR count). The van der Waals surface area contributed by atoms with E-state index in [1.807, 2.05) is 0 Å². The van der Waals surface area contributed by atoms with Crippen LogP contribution < -0.4 is 10.5 Å². The van der Waals surface area contributed by atoms with E-state index in [0.717, 1.165) is 23.8 Å². The molecule has 0 radical (unpaired) electrons. The molecule has 0 heterocycles. The molecule has 0 aromatic heterocycles. The van der Waals surface area contributed by atoms with Crippen molar-refractivity contribution in [2.75, 3.05) is 5.73 Å². The van der Waals surface area contributed by atoms with Crippen molar-refractivity contribution in [2.45, 2.75) is 17.9 Å². The monoisotopic (exact) mass is 328 g/mol. The summed E-state index contributed by atoms with van der Waals surface area (Å²) >= 11 is 5.61. The number of hydrogen-bond donors (Lipinski definition) is 2. The molecule has 0 aliphatic heterocycles. The fourth-order valence-corrected chi connectivity index (χ4v) is 3.34. The second-order valence-electron chi connectivity index (χ2n) is 4.59. The first-order valence-electron chi connectivity index (χ1n) is 6.12. The first-order valence-corrected chi connectivity index (χ1v) is 7.98. The fourth-order valence-electron chi connectivity index (χ4n) is 1.84. The molecular formula is C14H14ClFN2O2S. The minimum absolute atomic E-state index is 0.0929. The first kappa shape index (κ1) is 15.8. The highest BCUT2D eigenvalue weighted by Gasteiger charge is 2.19. The number of sulfonamides is 1. The Balaban J connectivity index is 2.26. The van der Waals surface area contributed by atoms with Crippen molar-refractivity contribution in [2.24, 2.45) is 0 Å². The Morgan fingerprint density at radius 2 is 1.95 bits per heavy atom. The van der Waals surface area contributed by atoms with Crippen LogP contribution in [-0.4, -0.2) is 8.42 Å². The summed E-state index contributed by atoms with van der Waals surface area (Å²) in [6, 6.07) is 9.67. The van der Waals surface area contributed by atoms with Crippen molar-refractivity contribution < 1.29 is 12.8 Å². The lowest BCUT2D eigenvalue weighted by Crippen LogP contribution is -2.27. The molecule has 0 spiro atoms. The van der Waals surface area contributed by atoms with Gasteiger partial charge in [-0.3, -0.25) is 0 Å². The van der Waals surface area contributed by atoms with E-state index in [-0.39, 0.29) is 9.92 Å². The van der Waals surface area contributed by atoms with Crippen LogP contribution in [0, 0.1) is 5.82 Å². The first-order chi connectivity index (χ1) is 9.79. The molecule has 1 atom stereocenters. The molecule has 21 heavy (non-hydrogen) atoms. The highest BCUT2D eigenvalue weighted by Crippen LogP contribution is 2.22. The Bertz CT molecular complexity index is 765.